The summed E-state index contributed by atoms with van der Waals surface area (Å²) < 4.78 is 13.4. The maximum absolute atomic E-state index is 13.4. The van der Waals surface area contributed by atoms with Crippen molar-refractivity contribution in [1.29, 1.82) is 5.26 Å². The Labute approximate surface area is 94.9 Å². The minimum absolute atomic E-state index is 0.0613. The van der Waals surface area contributed by atoms with Crippen LogP contribution in [-0.2, 0) is 0 Å². The monoisotopic (exact) mass is 216 g/mol. The van der Waals surface area contributed by atoms with Gasteiger partial charge < -0.3 is 4.90 Å². The molecule has 0 spiro atoms. The zero-order valence-electron chi connectivity index (χ0n) is 8.99. The Kier molecular flexibility index (Phi) is 4.28. The molecule has 0 heterocycles. The van der Waals surface area contributed by atoms with Crippen LogP contribution in [0.4, 0.5) is 10.1 Å². The summed E-state index contributed by atoms with van der Waals surface area (Å²) >= 11 is 0. The number of benzene rings is 1. The average Bonchev–Trinajstić information content (AvgIpc) is 2.28. The highest BCUT2D eigenvalue weighted by Gasteiger charge is 2.12. The number of hydrogen-bond acceptors (Lipinski definition) is 2. The molecule has 0 aliphatic heterocycles. The van der Waals surface area contributed by atoms with Crippen LogP contribution in [0.25, 0.3) is 0 Å². The van der Waals surface area contributed by atoms with Crippen LogP contribution >= 0.6 is 0 Å². The fraction of sp³-hybridized carbons (Fsp3) is 0.154. The molecule has 0 bridgehead atoms. The van der Waals surface area contributed by atoms with Crippen molar-refractivity contribution in [1.82, 2.24) is 0 Å². The molecule has 3 heteroatoms. The Hall–Kier alpha value is -2.08. The summed E-state index contributed by atoms with van der Waals surface area (Å²) in [4.78, 5) is 1.83. The van der Waals surface area contributed by atoms with E-state index in [0.29, 0.717) is 18.8 Å². The van der Waals surface area contributed by atoms with Crippen molar-refractivity contribution >= 4 is 5.69 Å². The van der Waals surface area contributed by atoms with Gasteiger partial charge in [0, 0.05) is 13.1 Å². The fourth-order valence-corrected chi connectivity index (χ4v) is 1.47. The molecule has 0 saturated carbocycles. The molecule has 16 heavy (non-hydrogen) atoms. The van der Waals surface area contributed by atoms with Crippen molar-refractivity contribution in [2.24, 2.45) is 0 Å². The molecule has 0 unspecified atom stereocenters. The SMILES string of the molecule is C=CCN(CC=C)c1cccc(F)c1C#N. The fourth-order valence-electron chi connectivity index (χ4n) is 1.47. The maximum atomic E-state index is 13.4. The normalized spacial score (nSPS) is 9.25. The van der Waals surface area contributed by atoms with Crippen LogP contribution in [0.3, 0.4) is 0 Å². The smallest absolute Gasteiger partial charge is 0.143 e. The second kappa shape index (κ2) is 5.72. The Morgan fingerprint density at radius 3 is 2.44 bits per heavy atom. The number of hydrogen-bond donors (Lipinski definition) is 0. The van der Waals surface area contributed by atoms with Crippen molar-refractivity contribution < 1.29 is 4.39 Å². The molecule has 1 rings (SSSR count). The zero-order valence-corrected chi connectivity index (χ0v) is 8.99. The molecule has 0 saturated heterocycles. The highest BCUT2D eigenvalue weighted by atomic mass is 19.1. The molecule has 82 valence electrons. The Balaban J connectivity index is 3.18. The van der Waals surface area contributed by atoms with E-state index in [4.69, 9.17) is 5.26 Å². The van der Waals surface area contributed by atoms with E-state index in [2.05, 4.69) is 13.2 Å². The summed E-state index contributed by atoms with van der Waals surface area (Å²) in [6.07, 6.45) is 3.41. The van der Waals surface area contributed by atoms with Gasteiger partial charge in [-0.3, -0.25) is 0 Å². The molecule has 1 aromatic carbocycles. The molecule has 0 fully saturated rings. The quantitative estimate of drug-likeness (QED) is 0.708. The van der Waals surface area contributed by atoms with Crippen LogP contribution in [0.1, 0.15) is 5.56 Å². The van der Waals surface area contributed by atoms with Gasteiger partial charge >= 0.3 is 0 Å². The van der Waals surface area contributed by atoms with Crippen molar-refractivity contribution in [3.63, 3.8) is 0 Å². The minimum atomic E-state index is -0.502. The highest BCUT2D eigenvalue weighted by Crippen LogP contribution is 2.22. The Bertz CT molecular complexity index is 422. The topological polar surface area (TPSA) is 27.0 Å². The van der Waals surface area contributed by atoms with Crippen molar-refractivity contribution in [2.45, 2.75) is 0 Å². The molecule has 0 radical (unpaired) electrons. The highest BCUT2D eigenvalue weighted by molar-refractivity contribution is 5.60. The standard InChI is InChI=1S/C13H13FN2/c1-3-8-16(9-4-2)13-7-5-6-12(14)11(13)10-15/h3-7H,1-2,8-9H2. The summed E-state index contributed by atoms with van der Waals surface area (Å²) in [6, 6.07) is 6.46. The lowest BCUT2D eigenvalue weighted by molar-refractivity contribution is 0.623. The first-order valence-electron chi connectivity index (χ1n) is 4.90. The summed E-state index contributed by atoms with van der Waals surface area (Å²) in [6.45, 7) is 8.36. The largest absolute Gasteiger partial charge is 0.363 e. The van der Waals surface area contributed by atoms with Crippen LogP contribution in [0.15, 0.2) is 43.5 Å². The first kappa shape index (κ1) is 12.0. The van der Waals surface area contributed by atoms with E-state index in [1.54, 1.807) is 24.3 Å². The van der Waals surface area contributed by atoms with Gasteiger partial charge in [-0.05, 0) is 12.1 Å². The summed E-state index contributed by atoms with van der Waals surface area (Å²) in [5, 5.41) is 8.92. The predicted octanol–water partition coefficient (Wildman–Crippen LogP) is 2.88. The second-order valence-corrected chi connectivity index (χ2v) is 3.23. The third kappa shape index (κ3) is 2.48. The lowest BCUT2D eigenvalue weighted by Gasteiger charge is -2.22. The molecule has 0 aliphatic rings. The van der Waals surface area contributed by atoms with Gasteiger partial charge in [0.15, 0.2) is 0 Å². The van der Waals surface area contributed by atoms with E-state index in [0.717, 1.165) is 0 Å². The second-order valence-electron chi connectivity index (χ2n) is 3.23. The van der Waals surface area contributed by atoms with Gasteiger partial charge in [0.2, 0.25) is 0 Å². The van der Waals surface area contributed by atoms with Gasteiger partial charge in [0.1, 0.15) is 17.4 Å². The summed E-state index contributed by atoms with van der Waals surface area (Å²) in [5.74, 6) is -0.502. The molecule has 0 N–H and O–H groups in total. The first-order valence-corrected chi connectivity index (χ1v) is 4.90. The average molecular weight is 216 g/mol. The molecular formula is C13H13FN2. The third-order valence-electron chi connectivity index (χ3n) is 2.14. The number of anilines is 1. The predicted molar refractivity (Wildman–Crippen MR) is 63.7 cm³/mol. The molecule has 2 nitrogen and oxygen atoms in total. The van der Waals surface area contributed by atoms with Gasteiger partial charge in [-0.25, -0.2) is 4.39 Å². The Morgan fingerprint density at radius 2 is 1.94 bits per heavy atom. The van der Waals surface area contributed by atoms with Crippen molar-refractivity contribution in [3.8, 4) is 6.07 Å². The lowest BCUT2D eigenvalue weighted by atomic mass is 10.1. The van der Waals surface area contributed by atoms with E-state index in [1.807, 2.05) is 11.0 Å². The van der Waals surface area contributed by atoms with Crippen molar-refractivity contribution in [3.05, 3.63) is 54.9 Å². The van der Waals surface area contributed by atoms with E-state index in [-0.39, 0.29) is 5.56 Å². The molecule has 0 aromatic heterocycles. The maximum Gasteiger partial charge on any atom is 0.143 e. The van der Waals surface area contributed by atoms with Gasteiger partial charge in [-0.15, -0.1) is 13.2 Å². The number of halogens is 1. The zero-order chi connectivity index (χ0) is 12.0. The first-order chi connectivity index (χ1) is 7.74. The van der Waals surface area contributed by atoms with E-state index in [9.17, 15) is 4.39 Å². The number of nitriles is 1. The molecule has 0 atom stereocenters. The van der Waals surface area contributed by atoms with Crippen LogP contribution < -0.4 is 4.90 Å². The molecule has 1 aromatic rings. The van der Waals surface area contributed by atoms with Gasteiger partial charge in [-0.2, -0.15) is 5.26 Å². The molecule has 0 aliphatic carbocycles. The molecular weight excluding hydrogens is 203 g/mol. The third-order valence-corrected chi connectivity index (χ3v) is 2.14. The van der Waals surface area contributed by atoms with Gasteiger partial charge in [0.05, 0.1) is 5.69 Å². The van der Waals surface area contributed by atoms with Crippen LogP contribution in [-0.4, -0.2) is 13.1 Å². The van der Waals surface area contributed by atoms with Crippen LogP contribution in [0, 0.1) is 17.1 Å². The van der Waals surface area contributed by atoms with Gasteiger partial charge in [0.25, 0.3) is 0 Å². The molecule has 0 amide bonds. The van der Waals surface area contributed by atoms with Crippen LogP contribution in [0.2, 0.25) is 0 Å². The van der Waals surface area contributed by atoms with E-state index < -0.39 is 5.82 Å². The Morgan fingerprint density at radius 1 is 1.31 bits per heavy atom. The number of rotatable bonds is 5. The van der Waals surface area contributed by atoms with E-state index >= 15 is 0 Å². The summed E-state index contributed by atoms with van der Waals surface area (Å²) in [5.41, 5.74) is 0.633. The van der Waals surface area contributed by atoms with Crippen LogP contribution in [0.5, 0.6) is 0 Å². The summed E-state index contributed by atoms with van der Waals surface area (Å²) in [7, 11) is 0. The van der Waals surface area contributed by atoms with Crippen molar-refractivity contribution in [2.75, 3.05) is 18.0 Å². The number of nitrogens with zero attached hydrogens (tertiary/aromatic N) is 2. The van der Waals surface area contributed by atoms with E-state index in [1.165, 1.54) is 6.07 Å². The van der Waals surface area contributed by atoms with Gasteiger partial charge in [-0.1, -0.05) is 18.2 Å². The minimum Gasteiger partial charge on any atom is -0.363 e. The lowest BCUT2D eigenvalue weighted by Crippen LogP contribution is -2.24.